The fraction of sp³-hybridized carbons (Fsp3) is 0.106. The molecule has 0 aliphatic heterocycles. The van der Waals surface area contributed by atoms with Crippen molar-refractivity contribution >= 4 is 56.8 Å². The van der Waals surface area contributed by atoms with Crippen molar-refractivity contribution in [3.8, 4) is 37.0 Å². The van der Waals surface area contributed by atoms with E-state index in [9.17, 15) is 34.0 Å². The number of anilines is 3. The quantitative estimate of drug-likeness (QED) is 0.0792. The second kappa shape index (κ2) is 26.6. The molecular formula is C47H44ClF2N3O6S3. The average molecular weight is 917 g/mol. The number of nitrogens with zero attached hydrogens (tertiary/aromatic N) is 1. The highest BCUT2D eigenvalue weighted by atomic mass is 35.7. The standard InChI is InChI=1S/C16H14FNO2S.C14H11NO2S.C8H7N.C6H5ClO2S.C3H7F/c1-2-14-8-10-15(11-9-14)18(13-12-17)21(19,20)16-6-4-3-5-7-16;1-2-12-8-10-13(11-9-12)15-18(16,17)14-6-4-3-5-7-14;1-2-7-3-5-8(9)6-4-7;7-10(8,9)6-4-2-1-3-5-6;1-2-3-4/h1,3-11H,12-13H2;1,3-11,15H;1,3-6H,9H2;1-5H;2-3H2,1H3. The van der Waals surface area contributed by atoms with E-state index in [1.165, 1.54) is 36.4 Å². The summed E-state index contributed by atoms with van der Waals surface area (Å²) >= 11 is 0. The van der Waals surface area contributed by atoms with Crippen LogP contribution in [-0.4, -0.2) is 45.1 Å². The minimum absolute atomic E-state index is 0.125. The van der Waals surface area contributed by atoms with Crippen molar-refractivity contribution in [3.63, 3.8) is 0 Å². The molecule has 6 aromatic rings. The minimum atomic E-state index is -3.79. The molecule has 15 heteroatoms. The summed E-state index contributed by atoms with van der Waals surface area (Å²) in [6.07, 6.45) is 16.3. The Morgan fingerprint density at radius 3 is 1.29 bits per heavy atom. The van der Waals surface area contributed by atoms with E-state index in [0.29, 0.717) is 28.9 Å². The van der Waals surface area contributed by atoms with Crippen LogP contribution >= 0.6 is 10.7 Å². The number of halogens is 3. The van der Waals surface area contributed by atoms with E-state index in [-0.39, 0.29) is 27.9 Å². The van der Waals surface area contributed by atoms with Gasteiger partial charge in [-0.1, -0.05) is 79.3 Å². The molecule has 0 radical (unpaired) electrons. The van der Waals surface area contributed by atoms with Gasteiger partial charge in [-0.2, -0.15) is 0 Å². The summed E-state index contributed by atoms with van der Waals surface area (Å²) < 4.78 is 97.4. The van der Waals surface area contributed by atoms with Gasteiger partial charge in [-0.3, -0.25) is 13.4 Å². The number of alkyl halides is 2. The van der Waals surface area contributed by atoms with Gasteiger partial charge in [0, 0.05) is 38.7 Å². The number of benzene rings is 6. The number of nitrogens with one attached hydrogen (secondary N) is 1. The van der Waals surface area contributed by atoms with Gasteiger partial charge in [0.05, 0.1) is 33.6 Å². The summed E-state index contributed by atoms with van der Waals surface area (Å²) in [5.74, 6) is 7.42. The third kappa shape index (κ3) is 17.9. The average Bonchev–Trinajstić information content (AvgIpc) is 3.30. The number of nitrogen functional groups attached to an aromatic ring is 1. The molecule has 62 heavy (non-hydrogen) atoms. The number of terminal acetylenes is 3. The van der Waals surface area contributed by atoms with Gasteiger partial charge in [0.2, 0.25) is 0 Å². The van der Waals surface area contributed by atoms with Gasteiger partial charge in [0.15, 0.2) is 0 Å². The van der Waals surface area contributed by atoms with Gasteiger partial charge in [-0.25, -0.2) is 29.6 Å². The lowest BCUT2D eigenvalue weighted by Crippen LogP contribution is -2.32. The van der Waals surface area contributed by atoms with Crippen molar-refractivity contribution in [1.29, 1.82) is 0 Å². The molecule has 0 fully saturated rings. The highest BCUT2D eigenvalue weighted by molar-refractivity contribution is 8.13. The Balaban J connectivity index is 0.000000290. The van der Waals surface area contributed by atoms with Crippen molar-refractivity contribution < 1.29 is 34.0 Å². The van der Waals surface area contributed by atoms with Gasteiger partial charge in [-0.15, -0.1) is 19.3 Å². The van der Waals surface area contributed by atoms with Crippen LogP contribution in [0.1, 0.15) is 30.0 Å². The van der Waals surface area contributed by atoms with E-state index in [1.807, 2.05) is 12.1 Å². The topological polar surface area (TPSA) is 144 Å². The van der Waals surface area contributed by atoms with Crippen LogP contribution in [-0.2, 0) is 29.1 Å². The Morgan fingerprint density at radius 2 is 0.935 bits per heavy atom. The summed E-state index contributed by atoms with van der Waals surface area (Å²) in [5.41, 5.74) is 9.23. The van der Waals surface area contributed by atoms with E-state index >= 15 is 0 Å². The number of hydrogen-bond donors (Lipinski definition) is 2. The molecule has 0 amide bonds. The fourth-order valence-electron chi connectivity index (χ4n) is 4.52. The fourth-order valence-corrected chi connectivity index (χ4v) is 7.85. The first-order valence-electron chi connectivity index (χ1n) is 18.3. The van der Waals surface area contributed by atoms with E-state index < -0.39 is 35.8 Å². The van der Waals surface area contributed by atoms with Gasteiger partial charge >= 0.3 is 0 Å². The van der Waals surface area contributed by atoms with Crippen LogP contribution in [0.4, 0.5) is 25.8 Å². The van der Waals surface area contributed by atoms with E-state index in [2.05, 4.69) is 22.5 Å². The molecule has 0 heterocycles. The van der Waals surface area contributed by atoms with Crippen molar-refractivity contribution in [1.82, 2.24) is 0 Å². The zero-order valence-electron chi connectivity index (χ0n) is 33.5. The lowest BCUT2D eigenvalue weighted by Gasteiger charge is -2.23. The summed E-state index contributed by atoms with van der Waals surface area (Å²) in [7, 11) is -5.83. The maximum atomic E-state index is 12.8. The number of hydrogen-bond acceptors (Lipinski definition) is 7. The lowest BCUT2D eigenvalue weighted by atomic mass is 10.2. The van der Waals surface area contributed by atoms with Crippen LogP contribution in [0.15, 0.2) is 178 Å². The maximum Gasteiger partial charge on any atom is 0.264 e. The summed E-state index contributed by atoms with van der Waals surface area (Å²) in [6, 6.07) is 44.2. The molecule has 322 valence electrons. The lowest BCUT2D eigenvalue weighted by molar-refractivity contribution is 0.487. The highest BCUT2D eigenvalue weighted by Crippen LogP contribution is 2.24. The molecule has 0 saturated carbocycles. The molecule has 0 saturated heterocycles. The van der Waals surface area contributed by atoms with E-state index in [4.69, 9.17) is 35.7 Å². The zero-order chi connectivity index (χ0) is 46.0. The Morgan fingerprint density at radius 1 is 0.565 bits per heavy atom. The van der Waals surface area contributed by atoms with Crippen molar-refractivity contribution in [2.24, 2.45) is 0 Å². The molecule has 0 aliphatic rings. The molecule has 0 aromatic heterocycles. The van der Waals surface area contributed by atoms with Gasteiger partial charge in [-0.05, 0) is 116 Å². The largest absolute Gasteiger partial charge is 0.399 e. The van der Waals surface area contributed by atoms with Crippen LogP contribution in [0.3, 0.4) is 0 Å². The molecule has 0 atom stereocenters. The van der Waals surface area contributed by atoms with Gasteiger partial charge < -0.3 is 5.73 Å². The van der Waals surface area contributed by atoms with Crippen molar-refractivity contribution in [2.75, 3.05) is 34.7 Å². The number of sulfonamides is 2. The Bertz CT molecular complexity index is 2710. The van der Waals surface area contributed by atoms with Crippen LogP contribution in [0.25, 0.3) is 0 Å². The highest BCUT2D eigenvalue weighted by Gasteiger charge is 2.24. The van der Waals surface area contributed by atoms with E-state index in [0.717, 1.165) is 15.6 Å². The van der Waals surface area contributed by atoms with Crippen LogP contribution in [0, 0.1) is 37.0 Å². The summed E-state index contributed by atoms with van der Waals surface area (Å²) in [5, 5.41) is 0. The third-order valence-corrected chi connectivity index (χ3v) is 12.2. The van der Waals surface area contributed by atoms with Gasteiger partial charge in [0.25, 0.3) is 29.1 Å². The van der Waals surface area contributed by atoms with Crippen LogP contribution < -0.4 is 14.8 Å². The molecule has 0 spiro atoms. The van der Waals surface area contributed by atoms with Crippen LogP contribution in [0.2, 0.25) is 0 Å². The molecule has 0 aliphatic carbocycles. The molecule has 6 aromatic carbocycles. The second-order valence-electron chi connectivity index (χ2n) is 12.1. The first-order chi connectivity index (χ1) is 29.6. The molecule has 0 unspecified atom stereocenters. The Kier molecular flexibility index (Phi) is 22.1. The molecule has 3 N–H and O–H groups in total. The predicted octanol–water partition coefficient (Wildman–Crippen LogP) is 9.53. The molecule has 9 nitrogen and oxygen atoms in total. The summed E-state index contributed by atoms with van der Waals surface area (Å²) in [4.78, 5) is 0.488. The first kappa shape index (κ1) is 51.5. The monoisotopic (exact) mass is 915 g/mol. The smallest absolute Gasteiger partial charge is 0.264 e. The van der Waals surface area contributed by atoms with Crippen molar-refractivity contribution in [2.45, 2.75) is 28.0 Å². The van der Waals surface area contributed by atoms with E-state index in [1.54, 1.807) is 122 Å². The first-order valence-corrected chi connectivity index (χ1v) is 23.5. The number of rotatable bonds is 10. The van der Waals surface area contributed by atoms with Crippen molar-refractivity contribution in [3.05, 3.63) is 180 Å². The zero-order valence-corrected chi connectivity index (χ0v) is 36.7. The predicted molar refractivity (Wildman–Crippen MR) is 247 cm³/mol. The molecular weight excluding hydrogens is 872 g/mol. The normalized spacial score (nSPS) is 10.3. The number of nitrogens with two attached hydrogens (primary N) is 1. The molecule has 6 rings (SSSR count). The second-order valence-corrected chi connectivity index (χ2v) is 18.2. The Labute approximate surface area is 369 Å². The van der Waals surface area contributed by atoms with Crippen LogP contribution in [0.5, 0.6) is 0 Å². The Hall–Kier alpha value is -6.60. The summed E-state index contributed by atoms with van der Waals surface area (Å²) in [6.45, 7) is 0.607. The SMILES string of the molecule is C#Cc1ccc(N(CCF)S(=O)(=O)c2ccccc2)cc1.C#Cc1ccc(N)cc1.C#Cc1ccc(NS(=O)(=O)c2ccccc2)cc1.CCCF.O=S(=O)(Cl)c1ccccc1. The molecule has 0 bridgehead atoms. The maximum absolute atomic E-state index is 12.8. The minimum Gasteiger partial charge on any atom is -0.399 e. The van der Waals surface area contributed by atoms with Gasteiger partial charge in [0.1, 0.15) is 6.67 Å². The third-order valence-electron chi connectivity index (χ3n) is 7.59.